The summed E-state index contributed by atoms with van der Waals surface area (Å²) >= 11 is 5.90. The van der Waals surface area contributed by atoms with E-state index in [1.165, 1.54) is 17.4 Å². The van der Waals surface area contributed by atoms with Gasteiger partial charge in [-0.15, -0.1) is 0 Å². The first-order chi connectivity index (χ1) is 8.56. The van der Waals surface area contributed by atoms with Crippen molar-refractivity contribution in [3.63, 3.8) is 0 Å². The van der Waals surface area contributed by atoms with Crippen molar-refractivity contribution in [2.75, 3.05) is 0 Å². The summed E-state index contributed by atoms with van der Waals surface area (Å²) in [4.78, 5) is 26.8. The lowest BCUT2D eigenvalue weighted by Crippen LogP contribution is -2.41. The van der Waals surface area contributed by atoms with E-state index in [0.717, 1.165) is 12.8 Å². The number of rotatable bonds is 3. The van der Waals surface area contributed by atoms with Gasteiger partial charge in [-0.25, -0.2) is 4.79 Å². The number of nitrogens with zero attached hydrogens (tertiary/aromatic N) is 1. The molecule has 100 valence electrons. The van der Waals surface area contributed by atoms with Gasteiger partial charge in [0, 0.05) is 6.04 Å². The number of nitrogens with one attached hydrogen (secondary N) is 1. The van der Waals surface area contributed by atoms with Crippen LogP contribution in [-0.4, -0.2) is 9.55 Å². The molecule has 0 radical (unpaired) electrons. The Morgan fingerprint density at radius 2 is 2.00 bits per heavy atom. The molecule has 1 aliphatic carbocycles. The third-order valence-corrected chi connectivity index (χ3v) is 4.34. The molecule has 1 aromatic rings. The van der Waals surface area contributed by atoms with Crippen LogP contribution in [0.15, 0.2) is 9.59 Å². The first kappa shape index (κ1) is 13.4. The molecule has 4 nitrogen and oxygen atoms in total. The Morgan fingerprint density at radius 1 is 1.39 bits per heavy atom. The zero-order chi connectivity index (χ0) is 13.3. The lowest BCUT2D eigenvalue weighted by molar-refractivity contribution is 0.341. The van der Waals surface area contributed by atoms with Gasteiger partial charge in [-0.05, 0) is 32.1 Å². The van der Waals surface area contributed by atoms with Gasteiger partial charge in [0.2, 0.25) is 0 Å². The van der Waals surface area contributed by atoms with Crippen LogP contribution in [-0.2, 0) is 6.42 Å². The number of H-pyrrole nitrogens is 1. The molecule has 1 saturated carbocycles. The number of hydrogen-bond acceptors (Lipinski definition) is 2. The van der Waals surface area contributed by atoms with Crippen molar-refractivity contribution >= 4 is 11.6 Å². The van der Waals surface area contributed by atoms with Crippen LogP contribution in [0, 0.1) is 5.92 Å². The van der Waals surface area contributed by atoms with E-state index in [9.17, 15) is 9.59 Å². The van der Waals surface area contributed by atoms with Crippen molar-refractivity contribution in [3.8, 4) is 0 Å². The van der Waals surface area contributed by atoms with Crippen LogP contribution in [0.2, 0.25) is 5.15 Å². The van der Waals surface area contributed by atoms with Crippen LogP contribution >= 0.6 is 11.6 Å². The SMILES string of the molecule is CCc1c(Cl)[nH]c(=O)n(C(C)C2CCCC2)c1=O. The van der Waals surface area contributed by atoms with E-state index in [1.54, 1.807) is 0 Å². The van der Waals surface area contributed by atoms with Gasteiger partial charge in [0.25, 0.3) is 5.56 Å². The lowest BCUT2D eigenvalue weighted by atomic mass is 9.99. The molecule has 1 N–H and O–H groups in total. The lowest BCUT2D eigenvalue weighted by Gasteiger charge is -2.21. The molecule has 1 atom stereocenters. The molecule has 0 aromatic carbocycles. The topological polar surface area (TPSA) is 54.9 Å². The number of hydrogen-bond donors (Lipinski definition) is 1. The molecule has 0 aliphatic heterocycles. The highest BCUT2D eigenvalue weighted by Gasteiger charge is 2.26. The van der Waals surface area contributed by atoms with Gasteiger partial charge >= 0.3 is 5.69 Å². The molecule has 1 aliphatic rings. The summed E-state index contributed by atoms with van der Waals surface area (Å²) in [7, 11) is 0. The van der Waals surface area contributed by atoms with Crippen LogP contribution < -0.4 is 11.2 Å². The maximum atomic E-state index is 12.3. The van der Waals surface area contributed by atoms with Gasteiger partial charge in [-0.1, -0.05) is 31.4 Å². The highest BCUT2D eigenvalue weighted by Crippen LogP contribution is 2.32. The van der Waals surface area contributed by atoms with Gasteiger partial charge in [-0.2, -0.15) is 0 Å². The maximum absolute atomic E-state index is 12.3. The van der Waals surface area contributed by atoms with E-state index in [1.807, 2.05) is 13.8 Å². The second kappa shape index (κ2) is 5.31. The quantitative estimate of drug-likeness (QED) is 0.858. The molecule has 0 spiro atoms. The summed E-state index contributed by atoms with van der Waals surface area (Å²) < 4.78 is 1.35. The minimum absolute atomic E-state index is 0.0497. The van der Waals surface area contributed by atoms with Crippen LogP contribution in [0.3, 0.4) is 0 Å². The van der Waals surface area contributed by atoms with Gasteiger partial charge in [-0.3, -0.25) is 14.3 Å². The second-order valence-corrected chi connectivity index (χ2v) is 5.41. The number of aromatic amines is 1. The standard InChI is InChI=1S/C13H19ClN2O2/c1-3-10-11(14)15-13(18)16(12(10)17)8(2)9-6-4-5-7-9/h8-9H,3-7H2,1-2H3,(H,15,18). The third-order valence-electron chi connectivity index (χ3n) is 4.02. The Bertz CT molecular complexity index is 541. The summed E-state index contributed by atoms with van der Waals surface area (Å²) in [6.45, 7) is 3.82. The monoisotopic (exact) mass is 270 g/mol. The van der Waals surface area contributed by atoms with Crippen molar-refractivity contribution in [3.05, 3.63) is 31.6 Å². The van der Waals surface area contributed by atoms with Crippen LogP contribution in [0.5, 0.6) is 0 Å². The molecule has 5 heteroatoms. The average molecular weight is 271 g/mol. The van der Waals surface area contributed by atoms with Crippen molar-refractivity contribution in [2.45, 2.75) is 52.0 Å². The van der Waals surface area contributed by atoms with Crippen LogP contribution in [0.4, 0.5) is 0 Å². The summed E-state index contributed by atoms with van der Waals surface area (Å²) in [5.74, 6) is 0.426. The van der Waals surface area contributed by atoms with Crippen molar-refractivity contribution in [1.82, 2.24) is 9.55 Å². The maximum Gasteiger partial charge on any atom is 0.329 e. The predicted octanol–water partition coefficient (Wildman–Crippen LogP) is 2.50. The molecule has 1 heterocycles. The fraction of sp³-hybridized carbons (Fsp3) is 0.692. The van der Waals surface area contributed by atoms with Crippen LogP contribution in [0.25, 0.3) is 0 Å². The van der Waals surface area contributed by atoms with E-state index in [4.69, 9.17) is 11.6 Å². The minimum Gasteiger partial charge on any atom is -0.297 e. The van der Waals surface area contributed by atoms with Crippen LogP contribution in [0.1, 0.15) is 51.1 Å². The smallest absolute Gasteiger partial charge is 0.297 e. The van der Waals surface area contributed by atoms with E-state index in [-0.39, 0.29) is 22.4 Å². The van der Waals surface area contributed by atoms with E-state index < -0.39 is 0 Å². The Morgan fingerprint density at radius 3 is 2.56 bits per heavy atom. The molecule has 0 bridgehead atoms. The van der Waals surface area contributed by atoms with Gasteiger partial charge < -0.3 is 0 Å². The fourth-order valence-corrected chi connectivity index (χ4v) is 3.18. The molecule has 1 unspecified atom stereocenters. The molecular weight excluding hydrogens is 252 g/mol. The number of halogens is 1. The summed E-state index contributed by atoms with van der Waals surface area (Å²) in [5.41, 5.74) is -0.117. The van der Waals surface area contributed by atoms with Gasteiger partial charge in [0.15, 0.2) is 0 Å². The zero-order valence-electron chi connectivity index (χ0n) is 10.8. The highest BCUT2D eigenvalue weighted by atomic mass is 35.5. The Labute approximate surface area is 111 Å². The summed E-state index contributed by atoms with van der Waals surface area (Å²) in [6.07, 6.45) is 5.10. The van der Waals surface area contributed by atoms with Crippen molar-refractivity contribution in [2.24, 2.45) is 5.92 Å². The summed E-state index contributed by atoms with van der Waals surface area (Å²) in [6, 6.07) is -0.0497. The van der Waals surface area contributed by atoms with Gasteiger partial charge in [0.1, 0.15) is 5.15 Å². The van der Waals surface area contributed by atoms with E-state index >= 15 is 0 Å². The molecule has 1 fully saturated rings. The molecule has 0 amide bonds. The largest absolute Gasteiger partial charge is 0.329 e. The van der Waals surface area contributed by atoms with Gasteiger partial charge in [0.05, 0.1) is 5.56 Å². The number of aromatic nitrogens is 2. The molecule has 18 heavy (non-hydrogen) atoms. The zero-order valence-corrected chi connectivity index (χ0v) is 11.6. The first-order valence-electron chi connectivity index (χ1n) is 6.59. The highest BCUT2D eigenvalue weighted by molar-refractivity contribution is 6.30. The molecule has 1 aromatic heterocycles. The Balaban J connectivity index is 2.50. The average Bonchev–Trinajstić information content (AvgIpc) is 2.81. The van der Waals surface area contributed by atoms with E-state index in [0.29, 0.717) is 17.9 Å². The fourth-order valence-electron chi connectivity index (χ4n) is 2.89. The predicted molar refractivity (Wildman–Crippen MR) is 72.4 cm³/mol. The molecule has 0 saturated heterocycles. The summed E-state index contributed by atoms with van der Waals surface area (Å²) in [5, 5.41) is 0.183. The molecular formula is C13H19ClN2O2. The van der Waals surface area contributed by atoms with E-state index in [2.05, 4.69) is 4.98 Å². The Kier molecular flexibility index (Phi) is 3.95. The second-order valence-electron chi connectivity index (χ2n) is 5.04. The Hall–Kier alpha value is -1.03. The van der Waals surface area contributed by atoms with Crippen molar-refractivity contribution < 1.29 is 0 Å². The molecule has 2 rings (SSSR count). The first-order valence-corrected chi connectivity index (χ1v) is 6.97. The van der Waals surface area contributed by atoms with Crippen molar-refractivity contribution in [1.29, 1.82) is 0 Å². The third kappa shape index (κ3) is 2.26. The minimum atomic E-state index is -0.387. The normalized spacial score (nSPS) is 18.2.